The van der Waals surface area contributed by atoms with Crippen molar-refractivity contribution >= 4 is 16.9 Å². The lowest BCUT2D eigenvalue weighted by Crippen LogP contribution is -2.05. The molecule has 2 unspecified atom stereocenters. The third-order valence-electron chi connectivity index (χ3n) is 2.34. The van der Waals surface area contributed by atoms with Crippen LogP contribution >= 0.6 is 0 Å². The summed E-state index contributed by atoms with van der Waals surface area (Å²) in [7, 11) is 0.158. The van der Waals surface area contributed by atoms with E-state index >= 15 is 0 Å². The highest BCUT2D eigenvalue weighted by atomic mass is 32.2. The molecule has 0 aromatic carbocycles. The molecule has 0 radical (unpaired) electrons. The molecule has 0 aliphatic carbocycles. The number of carboxylic acid groups (broad SMARTS) is 1. The summed E-state index contributed by atoms with van der Waals surface area (Å²) in [6, 6.07) is 0. The Hall–Kier alpha value is -0.640. The number of carboxylic acids is 1. The summed E-state index contributed by atoms with van der Waals surface area (Å²) in [5, 5.41) is 10.7. The minimum Gasteiger partial charge on any atom is -0.491 e. The zero-order valence-corrected chi connectivity index (χ0v) is 10.2. The predicted molar refractivity (Wildman–Crippen MR) is 62.9 cm³/mol. The number of hydrogen-bond donors (Lipinski definition) is 1. The van der Waals surface area contributed by atoms with E-state index in [0.29, 0.717) is 6.10 Å². The van der Waals surface area contributed by atoms with Gasteiger partial charge in [0.05, 0.1) is 6.10 Å². The van der Waals surface area contributed by atoms with Crippen LogP contribution in [0, 0.1) is 0 Å². The highest BCUT2D eigenvalue weighted by molar-refractivity contribution is 7.98. The Kier molecular flexibility index (Phi) is 5.02. The molecule has 0 aromatic rings. The molecule has 15 heavy (non-hydrogen) atoms. The first kappa shape index (κ1) is 12.4. The molecular weight excluding hydrogens is 212 g/mol. The van der Waals surface area contributed by atoms with Gasteiger partial charge in [0.1, 0.15) is 17.8 Å². The number of carbonyl (C=O) groups is 1. The monoisotopic (exact) mass is 231 g/mol. The number of rotatable bonds is 5. The van der Waals surface area contributed by atoms with Crippen molar-refractivity contribution in [3.63, 3.8) is 0 Å². The summed E-state index contributed by atoms with van der Waals surface area (Å²) in [5.74, 6) is 1.35. The Morgan fingerprint density at radius 3 is 3.00 bits per heavy atom. The summed E-state index contributed by atoms with van der Waals surface area (Å²) < 4.78 is 5.61. The van der Waals surface area contributed by atoms with Crippen LogP contribution < -0.4 is 0 Å². The van der Waals surface area contributed by atoms with Gasteiger partial charge in [-0.25, -0.2) is 0 Å². The topological polar surface area (TPSA) is 46.5 Å². The molecule has 0 aromatic heterocycles. The Balaban J connectivity index is 2.23. The SMILES string of the molecule is CC1CC/C(=C\[S+](C)CCCC(=O)O)O1. The maximum absolute atomic E-state index is 10.3. The average Bonchev–Trinajstić information content (AvgIpc) is 2.50. The van der Waals surface area contributed by atoms with Gasteiger partial charge in [0.25, 0.3) is 0 Å². The molecule has 0 amide bonds. The molecule has 1 rings (SSSR count). The third kappa shape index (κ3) is 5.11. The summed E-state index contributed by atoms with van der Waals surface area (Å²) in [6.07, 6.45) is 5.68. The molecule has 1 fully saturated rings. The van der Waals surface area contributed by atoms with Gasteiger partial charge in [-0.2, -0.15) is 0 Å². The lowest BCUT2D eigenvalue weighted by atomic mass is 10.2. The molecule has 1 aliphatic rings. The highest BCUT2D eigenvalue weighted by Gasteiger charge is 2.20. The predicted octanol–water partition coefficient (Wildman–Crippen LogP) is 2.14. The number of aliphatic carboxylic acids is 1. The van der Waals surface area contributed by atoms with Crippen molar-refractivity contribution in [3.8, 4) is 0 Å². The zero-order chi connectivity index (χ0) is 11.3. The molecule has 1 heterocycles. The van der Waals surface area contributed by atoms with Crippen molar-refractivity contribution < 1.29 is 14.6 Å². The number of hydrogen-bond acceptors (Lipinski definition) is 2. The lowest BCUT2D eigenvalue weighted by Gasteiger charge is -2.02. The van der Waals surface area contributed by atoms with E-state index in [-0.39, 0.29) is 17.3 Å². The second-order valence-corrected chi connectivity index (χ2v) is 5.97. The Morgan fingerprint density at radius 2 is 2.47 bits per heavy atom. The fraction of sp³-hybridized carbons (Fsp3) is 0.727. The van der Waals surface area contributed by atoms with Crippen LogP contribution in [0.2, 0.25) is 0 Å². The van der Waals surface area contributed by atoms with Gasteiger partial charge in [-0.3, -0.25) is 4.79 Å². The van der Waals surface area contributed by atoms with Gasteiger partial charge < -0.3 is 9.84 Å². The van der Waals surface area contributed by atoms with Gasteiger partial charge in [-0.1, -0.05) is 0 Å². The molecule has 1 N–H and O–H groups in total. The highest BCUT2D eigenvalue weighted by Crippen LogP contribution is 2.23. The van der Waals surface area contributed by atoms with Gasteiger partial charge in [0, 0.05) is 30.2 Å². The minimum atomic E-state index is -0.703. The van der Waals surface area contributed by atoms with Gasteiger partial charge in [0.2, 0.25) is 0 Å². The smallest absolute Gasteiger partial charge is 0.303 e. The van der Waals surface area contributed by atoms with Crippen molar-refractivity contribution in [1.29, 1.82) is 0 Å². The Labute approximate surface area is 93.9 Å². The van der Waals surface area contributed by atoms with E-state index in [0.717, 1.165) is 30.8 Å². The van der Waals surface area contributed by atoms with Crippen LogP contribution in [0.25, 0.3) is 0 Å². The van der Waals surface area contributed by atoms with E-state index in [9.17, 15) is 4.79 Å². The summed E-state index contributed by atoms with van der Waals surface area (Å²) >= 11 is 0. The van der Waals surface area contributed by atoms with Crippen molar-refractivity contribution in [1.82, 2.24) is 0 Å². The molecule has 0 spiro atoms. The van der Waals surface area contributed by atoms with Crippen molar-refractivity contribution in [2.75, 3.05) is 12.0 Å². The summed E-state index contributed by atoms with van der Waals surface area (Å²) in [5.41, 5.74) is 0. The van der Waals surface area contributed by atoms with Crippen molar-refractivity contribution in [2.24, 2.45) is 0 Å². The second-order valence-electron chi connectivity index (χ2n) is 3.94. The Bertz CT molecular complexity index is 250. The fourth-order valence-electron chi connectivity index (χ4n) is 1.54. The van der Waals surface area contributed by atoms with E-state index in [1.165, 1.54) is 0 Å². The average molecular weight is 231 g/mol. The summed E-state index contributed by atoms with van der Waals surface area (Å²) in [6.45, 7) is 2.08. The quantitative estimate of drug-likeness (QED) is 0.737. The van der Waals surface area contributed by atoms with Crippen molar-refractivity contribution in [3.05, 3.63) is 11.2 Å². The van der Waals surface area contributed by atoms with E-state index in [1.54, 1.807) is 0 Å². The molecule has 86 valence electrons. The van der Waals surface area contributed by atoms with E-state index < -0.39 is 5.97 Å². The van der Waals surface area contributed by atoms with Crippen LogP contribution in [0.15, 0.2) is 11.2 Å². The van der Waals surface area contributed by atoms with Gasteiger partial charge in [-0.15, -0.1) is 0 Å². The van der Waals surface area contributed by atoms with Crippen LogP contribution in [-0.4, -0.2) is 29.2 Å². The Morgan fingerprint density at radius 1 is 1.73 bits per heavy atom. The lowest BCUT2D eigenvalue weighted by molar-refractivity contribution is -0.137. The second kappa shape index (κ2) is 6.05. The van der Waals surface area contributed by atoms with E-state index in [4.69, 9.17) is 9.84 Å². The first-order valence-corrected chi connectivity index (χ1v) is 7.15. The molecule has 2 atom stereocenters. The standard InChI is InChI=1S/C11H18O3S/c1-9-5-6-10(14-9)8-15(2)7-3-4-11(12)13/h8-9H,3-7H2,1-2H3/p+1/b10-8+. The third-order valence-corrected chi connectivity index (χ3v) is 3.94. The number of allylic oxidation sites excluding steroid dienone is 1. The maximum Gasteiger partial charge on any atom is 0.303 e. The fourth-order valence-corrected chi connectivity index (χ4v) is 2.88. The van der Waals surface area contributed by atoms with Crippen LogP contribution in [0.1, 0.15) is 32.6 Å². The minimum absolute atomic E-state index is 0.158. The van der Waals surface area contributed by atoms with E-state index in [2.05, 4.69) is 18.6 Å². The molecule has 1 aliphatic heterocycles. The molecule has 4 heteroatoms. The first-order valence-electron chi connectivity index (χ1n) is 5.28. The van der Waals surface area contributed by atoms with E-state index in [1.807, 2.05) is 0 Å². The molecule has 0 bridgehead atoms. The van der Waals surface area contributed by atoms with Gasteiger partial charge in [-0.05, 0) is 13.3 Å². The number of ether oxygens (including phenoxy) is 1. The van der Waals surface area contributed by atoms with Gasteiger partial charge >= 0.3 is 5.97 Å². The summed E-state index contributed by atoms with van der Waals surface area (Å²) in [4.78, 5) is 10.3. The van der Waals surface area contributed by atoms with Gasteiger partial charge in [0.15, 0.2) is 5.41 Å². The molecule has 3 nitrogen and oxygen atoms in total. The first-order chi connectivity index (χ1) is 7.08. The molecular formula is C11H19O3S+. The molecule has 0 saturated carbocycles. The van der Waals surface area contributed by atoms with Crippen molar-refractivity contribution in [2.45, 2.75) is 38.7 Å². The molecule has 1 saturated heterocycles. The maximum atomic E-state index is 10.3. The van der Waals surface area contributed by atoms with Crippen LogP contribution in [0.5, 0.6) is 0 Å². The normalized spacial score (nSPS) is 25.2. The zero-order valence-electron chi connectivity index (χ0n) is 9.36. The largest absolute Gasteiger partial charge is 0.491 e. The van der Waals surface area contributed by atoms with Crippen LogP contribution in [0.3, 0.4) is 0 Å². The van der Waals surface area contributed by atoms with Crippen LogP contribution in [-0.2, 0) is 20.4 Å². The van der Waals surface area contributed by atoms with Crippen LogP contribution in [0.4, 0.5) is 0 Å².